The molecule has 1 heterocycles. The minimum absolute atomic E-state index is 0.0505. The smallest absolute Gasteiger partial charge is 0.261 e. The maximum absolute atomic E-state index is 12.4. The fourth-order valence-corrected chi connectivity index (χ4v) is 2.37. The van der Waals surface area contributed by atoms with Gasteiger partial charge >= 0.3 is 0 Å². The minimum Gasteiger partial charge on any atom is -0.507 e. The Balaban J connectivity index is 2.28. The van der Waals surface area contributed by atoms with Crippen molar-refractivity contribution in [3.8, 4) is 11.5 Å². The van der Waals surface area contributed by atoms with Crippen molar-refractivity contribution in [1.82, 2.24) is 9.80 Å². The van der Waals surface area contributed by atoms with E-state index in [1.54, 1.807) is 4.90 Å². The summed E-state index contributed by atoms with van der Waals surface area (Å²) >= 11 is 0. The van der Waals surface area contributed by atoms with Gasteiger partial charge in [-0.25, -0.2) is 0 Å². The van der Waals surface area contributed by atoms with E-state index in [9.17, 15) is 15.0 Å². The monoisotopic (exact) mass is 265 g/mol. The van der Waals surface area contributed by atoms with Gasteiger partial charge in [-0.2, -0.15) is 0 Å². The molecule has 0 spiro atoms. The third-order valence-corrected chi connectivity index (χ3v) is 3.45. The molecule has 1 amide bonds. The zero-order valence-electron chi connectivity index (χ0n) is 10.9. The van der Waals surface area contributed by atoms with Gasteiger partial charge in [0.2, 0.25) is 0 Å². The van der Waals surface area contributed by atoms with Crippen molar-refractivity contribution < 1.29 is 15.0 Å². The number of benzene rings is 1. The van der Waals surface area contributed by atoms with E-state index in [1.165, 1.54) is 18.2 Å². The van der Waals surface area contributed by atoms with Crippen LogP contribution >= 0.6 is 0 Å². The molecule has 19 heavy (non-hydrogen) atoms. The van der Waals surface area contributed by atoms with Crippen molar-refractivity contribution in [3.63, 3.8) is 0 Å². The second-order valence-corrected chi connectivity index (χ2v) is 4.82. The van der Waals surface area contributed by atoms with Crippen molar-refractivity contribution >= 4 is 5.91 Å². The molecule has 1 aliphatic heterocycles. The Bertz CT molecular complexity index is 458. The molecular weight excluding hydrogens is 246 g/mol. The highest BCUT2D eigenvalue weighted by Crippen LogP contribution is 2.28. The van der Waals surface area contributed by atoms with E-state index in [0.29, 0.717) is 19.6 Å². The SMILES string of the molecule is CN1CCN(C(=O)c2c(O)cccc2O)C(CN)C1. The van der Waals surface area contributed by atoms with Gasteiger partial charge in [0.05, 0.1) is 6.04 Å². The molecule has 1 aromatic carbocycles. The molecule has 4 N–H and O–H groups in total. The highest BCUT2D eigenvalue weighted by molar-refractivity contribution is 5.99. The number of aromatic hydroxyl groups is 2. The van der Waals surface area contributed by atoms with Crippen LogP contribution in [0, 0.1) is 0 Å². The third-order valence-electron chi connectivity index (χ3n) is 3.45. The number of nitrogens with two attached hydrogens (primary N) is 1. The molecule has 6 nitrogen and oxygen atoms in total. The van der Waals surface area contributed by atoms with Crippen LogP contribution in [-0.2, 0) is 0 Å². The first-order valence-corrected chi connectivity index (χ1v) is 6.25. The van der Waals surface area contributed by atoms with Gasteiger partial charge in [0.25, 0.3) is 5.91 Å². The Labute approximate surface area is 112 Å². The molecule has 0 bridgehead atoms. The van der Waals surface area contributed by atoms with Gasteiger partial charge in [-0.05, 0) is 19.2 Å². The fourth-order valence-electron chi connectivity index (χ4n) is 2.37. The van der Waals surface area contributed by atoms with Gasteiger partial charge < -0.3 is 25.7 Å². The van der Waals surface area contributed by atoms with Crippen molar-refractivity contribution in [1.29, 1.82) is 0 Å². The van der Waals surface area contributed by atoms with Gasteiger partial charge in [0, 0.05) is 26.2 Å². The van der Waals surface area contributed by atoms with Crippen molar-refractivity contribution in [2.24, 2.45) is 5.73 Å². The number of piperazine rings is 1. The predicted octanol–water partition coefficient (Wildman–Crippen LogP) is -0.187. The summed E-state index contributed by atoms with van der Waals surface area (Å²) in [6, 6.07) is 4.16. The summed E-state index contributed by atoms with van der Waals surface area (Å²) in [7, 11) is 1.97. The van der Waals surface area contributed by atoms with Gasteiger partial charge in [-0.3, -0.25) is 4.79 Å². The van der Waals surface area contributed by atoms with E-state index >= 15 is 0 Å². The van der Waals surface area contributed by atoms with Crippen LogP contribution in [0.25, 0.3) is 0 Å². The van der Waals surface area contributed by atoms with E-state index in [4.69, 9.17) is 5.73 Å². The molecule has 6 heteroatoms. The van der Waals surface area contributed by atoms with Crippen LogP contribution in [0.4, 0.5) is 0 Å². The quantitative estimate of drug-likeness (QED) is 0.690. The molecule has 1 atom stereocenters. The average molecular weight is 265 g/mol. The maximum atomic E-state index is 12.4. The number of nitrogens with zero attached hydrogens (tertiary/aromatic N) is 2. The first-order valence-electron chi connectivity index (χ1n) is 6.25. The van der Waals surface area contributed by atoms with Gasteiger partial charge in [0.1, 0.15) is 17.1 Å². The van der Waals surface area contributed by atoms with E-state index in [0.717, 1.165) is 6.54 Å². The summed E-state index contributed by atoms with van der Waals surface area (Å²) in [6.45, 7) is 2.32. The van der Waals surface area contributed by atoms with Crippen LogP contribution in [0.3, 0.4) is 0 Å². The number of phenols is 2. The molecule has 1 aliphatic rings. The number of hydrogen-bond donors (Lipinski definition) is 3. The molecular formula is C13H19N3O3. The lowest BCUT2D eigenvalue weighted by molar-refractivity contribution is 0.0510. The highest BCUT2D eigenvalue weighted by Gasteiger charge is 2.31. The molecule has 0 aromatic heterocycles. The normalized spacial score (nSPS) is 20.5. The zero-order valence-corrected chi connectivity index (χ0v) is 10.9. The van der Waals surface area contributed by atoms with Crippen LogP contribution < -0.4 is 5.73 Å². The van der Waals surface area contributed by atoms with Crippen LogP contribution in [0.5, 0.6) is 11.5 Å². The first kappa shape index (κ1) is 13.6. The summed E-state index contributed by atoms with van der Waals surface area (Å²) in [4.78, 5) is 16.2. The molecule has 1 aromatic rings. The average Bonchev–Trinajstić information content (AvgIpc) is 2.38. The Morgan fingerprint density at radius 2 is 2.00 bits per heavy atom. The van der Waals surface area contributed by atoms with E-state index < -0.39 is 0 Å². The third kappa shape index (κ3) is 2.64. The van der Waals surface area contributed by atoms with Crippen LogP contribution in [0.15, 0.2) is 18.2 Å². The van der Waals surface area contributed by atoms with E-state index in [2.05, 4.69) is 4.90 Å². The number of carbonyl (C=O) groups excluding carboxylic acids is 1. The fraction of sp³-hybridized carbons (Fsp3) is 0.462. The van der Waals surface area contributed by atoms with E-state index in [-0.39, 0.29) is 29.0 Å². The summed E-state index contributed by atoms with van der Waals surface area (Å²) in [5.74, 6) is -0.793. The summed E-state index contributed by atoms with van der Waals surface area (Å²) in [6.07, 6.45) is 0. The number of phenolic OH excluding ortho intramolecular Hbond substituents is 2. The Kier molecular flexibility index (Phi) is 3.92. The molecule has 0 aliphatic carbocycles. The van der Waals surface area contributed by atoms with Gasteiger partial charge in [-0.1, -0.05) is 6.07 Å². The lowest BCUT2D eigenvalue weighted by Gasteiger charge is -2.39. The summed E-state index contributed by atoms with van der Waals surface area (Å²) in [5, 5.41) is 19.5. The minimum atomic E-state index is -0.376. The van der Waals surface area contributed by atoms with Crippen molar-refractivity contribution in [2.75, 3.05) is 33.2 Å². The highest BCUT2D eigenvalue weighted by atomic mass is 16.3. The lowest BCUT2D eigenvalue weighted by Crippen LogP contribution is -2.56. The lowest BCUT2D eigenvalue weighted by atomic mass is 10.1. The van der Waals surface area contributed by atoms with E-state index in [1.807, 2.05) is 7.05 Å². The molecule has 1 unspecified atom stereocenters. The van der Waals surface area contributed by atoms with Crippen LogP contribution in [0.2, 0.25) is 0 Å². The second kappa shape index (κ2) is 5.46. The second-order valence-electron chi connectivity index (χ2n) is 4.82. The summed E-state index contributed by atoms with van der Waals surface area (Å²) in [5.41, 5.74) is 5.65. The number of likely N-dealkylation sites (N-methyl/N-ethyl adjacent to an activating group) is 1. The largest absolute Gasteiger partial charge is 0.507 e. The maximum Gasteiger partial charge on any atom is 0.261 e. The zero-order chi connectivity index (χ0) is 14.0. The molecule has 2 rings (SSSR count). The number of rotatable bonds is 2. The number of hydrogen-bond acceptors (Lipinski definition) is 5. The molecule has 104 valence electrons. The van der Waals surface area contributed by atoms with Gasteiger partial charge in [0.15, 0.2) is 0 Å². The first-order chi connectivity index (χ1) is 9.04. The molecule has 0 saturated carbocycles. The Morgan fingerprint density at radius 1 is 1.37 bits per heavy atom. The number of amides is 1. The van der Waals surface area contributed by atoms with Gasteiger partial charge in [-0.15, -0.1) is 0 Å². The molecule has 1 fully saturated rings. The van der Waals surface area contributed by atoms with Crippen LogP contribution in [-0.4, -0.2) is 65.2 Å². The topological polar surface area (TPSA) is 90.0 Å². The predicted molar refractivity (Wildman–Crippen MR) is 71.1 cm³/mol. The Morgan fingerprint density at radius 3 is 2.58 bits per heavy atom. The van der Waals surface area contributed by atoms with Crippen LogP contribution in [0.1, 0.15) is 10.4 Å². The summed E-state index contributed by atoms with van der Waals surface area (Å²) < 4.78 is 0. The molecule has 1 saturated heterocycles. The standard InChI is InChI=1S/C13H19N3O3/c1-15-5-6-16(9(7-14)8-15)13(19)12-10(17)3-2-4-11(12)18/h2-4,9,17-18H,5-8,14H2,1H3. The molecule has 0 radical (unpaired) electrons. The van der Waals surface area contributed by atoms with Crippen molar-refractivity contribution in [2.45, 2.75) is 6.04 Å². The van der Waals surface area contributed by atoms with Crippen molar-refractivity contribution in [3.05, 3.63) is 23.8 Å². The number of carbonyl (C=O) groups is 1. The Hall–Kier alpha value is -1.79.